The minimum Gasteiger partial charge on any atom is -0.353 e. The summed E-state index contributed by atoms with van der Waals surface area (Å²) in [5.74, 6) is 0. The molecule has 3 nitrogen and oxygen atoms in total. The molecule has 0 aliphatic carbocycles. The van der Waals surface area contributed by atoms with Crippen molar-refractivity contribution in [2.24, 2.45) is 0 Å². The lowest BCUT2D eigenvalue weighted by atomic mass is 10.1. The van der Waals surface area contributed by atoms with Gasteiger partial charge in [-0.05, 0) is 18.6 Å². The van der Waals surface area contributed by atoms with Crippen LogP contribution in [0.15, 0.2) is 48.5 Å². The number of aromatic nitrogens is 3. The Morgan fingerprint density at radius 1 is 0.826 bits per heavy atom. The molecule has 5 rings (SSSR count). The Kier molecular flexibility index (Phi) is 3.06. The van der Waals surface area contributed by atoms with Crippen molar-refractivity contribution in [3.05, 3.63) is 54.2 Å². The topological polar surface area (TPSA) is 44.5 Å². The summed E-state index contributed by atoms with van der Waals surface area (Å²) in [4.78, 5) is 12.1. The second-order valence-electron chi connectivity index (χ2n) is 5.73. The van der Waals surface area contributed by atoms with Crippen LogP contribution in [-0.4, -0.2) is 15.0 Å². The van der Waals surface area contributed by atoms with Crippen LogP contribution in [0, 0.1) is 0 Å². The first-order valence-corrected chi connectivity index (χ1v) is 7.66. The summed E-state index contributed by atoms with van der Waals surface area (Å²) >= 11 is 0. The molecule has 0 radical (unpaired) electrons. The quantitative estimate of drug-likeness (QED) is 0.430. The highest BCUT2D eigenvalue weighted by Crippen LogP contribution is 2.35. The summed E-state index contributed by atoms with van der Waals surface area (Å²) in [5, 5.41) is 3.71. The number of halogens is 1. The maximum atomic E-state index is 4.94. The number of aromatic amines is 2. The van der Waals surface area contributed by atoms with Crippen LogP contribution in [0.25, 0.3) is 43.7 Å². The number of hydrogen-bond donors (Lipinski definition) is 2. The fraction of sp³-hybridized carbons (Fsp3) is 0.105. The molecule has 4 heteroatoms. The van der Waals surface area contributed by atoms with Crippen molar-refractivity contribution < 1.29 is 0 Å². The van der Waals surface area contributed by atoms with Crippen molar-refractivity contribution in [1.29, 1.82) is 0 Å². The SMILES string of the molecule is CCc1nc2c3ccccc3[nH]c2c2c1[nH]c1ccccc12.Cl. The lowest BCUT2D eigenvalue weighted by molar-refractivity contribution is 1.07. The standard InChI is InChI=1S/C19H15N3.ClH/c1-2-13-18-16(11-7-3-5-9-14(11)21-18)19-17(20-13)12-8-4-6-10-15(12)22-19;/h3-10,21-22H,2H2,1H3;1H. The predicted molar refractivity (Wildman–Crippen MR) is 99.6 cm³/mol. The molecule has 0 spiro atoms. The third-order valence-electron chi connectivity index (χ3n) is 4.50. The first-order valence-electron chi connectivity index (χ1n) is 7.66. The van der Waals surface area contributed by atoms with Crippen molar-refractivity contribution in [3.63, 3.8) is 0 Å². The molecule has 0 amide bonds. The average molecular weight is 322 g/mol. The molecule has 0 saturated heterocycles. The number of hydrogen-bond acceptors (Lipinski definition) is 1. The molecule has 0 aliphatic rings. The number of aryl methyl sites for hydroxylation is 1. The van der Waals surface area contributed by atoms with Gasteiger partial charge in [-0.25, -0.2) is 4.98 Å². The second-order valence-corrected chi connectivity index (χ2v) is 5.73. The number of rotatable bonds is 1. The number of fused-ring (bicyclic) bond motifs is 7. The van der Waals surface area contributed by atoms with Gasteiger partial charge in [0.15, 0.2) is 0 Å². The Balaban J connectivity index is 0.00000135. The highest BCUT2D eigenvalue weighted by Gasteiger charge is 2.16. The van der Waals surface area contributed by atoms with Gasteiger partial charge in [0, 0.05) is 27.2 Å². The fourth-order valence-electron chi connectivity index (χ4n) is 3.49. The zero-order valence-electron chi connectivity index (χ0n) is 12.7. The Morgan fingerprint density at radius 3 is 2.17 bits per heavy atom. The Labute approximate surface area is 139 Å². The number of H-pyrrole nitrogens is 2. The van der Waals surface area contributed by atoms with E-state index in [-0.39, 0.29) is 12.4 Å². The first-order chi connectivity index (χ1) is 10.9. The van der Waals surface area contributed by atoms with Crippen LogP contribution in [0.3, 0.4) is 0 Å². The maximum absolute atomic E-state index is 4.94. The normalized spacial score (nSPS) is 11.5. The van der Waals surface area contributed by atoms with Crippen molar-refractivity contribution in [2.45, 2.75) is 13.3 Å². The van der Waals surface area contributed by atoms with E-state index in [1.165, 1.54) is 21.7 Å². The lowest BCUT2D eigenvalue weighted by Gasteiger charge is -2.01. The summed E-state index contributed by atoms with van der Waals surface area (Å²) in [7, 11) is 0. The highest BCUT2D eigenvalue weighted by molar-refractivity contribution is 6.23. The van der Waals surface area contributed by atoms with E-state index in [0.717, 1.165) is 34.2 Å². The van der Waals surface area contributed by atoms with E-state index in [0.29, 0.717) is 0 Å². The smallest absolute Gasteiger partial charge is 0.0969 e. The molecule has 2 aromatic carbocycles. The molecule has 0 aliphatic heterocycles. The minimum absolute atomic E-state index is 0. The maximum Gasteiger partial charge on any atom is 0.0969 e. The predicted octanol–water partition coefficient (Wildman–Crippen LogP) is 5.33. The molecule has 23 heavy (non-hydrogen) atoms. The van der Waals surface area contributed by atoms with Gasteiger partial charge in [0.2, 0.25) is 0 Å². The van der Waals surface area contributed by atoms with Gasteiger partial charge in [-0.3, -0.25) is 0 Å². The number of benzene rings is 2. The molecule has 2 N–H and O–H groups in total. The van der Waals surface area contributed by atoms with E-state index in [2.05, 4.69) is 65.4 Å². The monoisotopic (exact) mass is 321 g/mol. The molecule has 3 heterocycles. The zero-order chi connectivity index (χ0) is 14.7. The van der Waals surface area contributed by atoms with Gasteiger partial charge in [0.25, 0.3) is 0 Å². The van der Waals surface area contributed by atoms with E-state index in [1.807, 2.05) is 0 Å². The lowest BCUT2D eigenvalue weighted by Crippen LogP contribution is -1.90. The summed E-state index contributed by atoms with van der Waals surface area (Å²) in [6.45, 7) is 2.16. The van der Waals surface area contributed by atoms with Gasteiger partial charge >= 0.3 is 0 Å². The molecular weight excluding hydrogens is 306 g/mol. The van der Waals surface area contributed by atoms with Gasteiger partial charge in [0.05, 0.1) is 22.2 Å². The van der Waals surface area contributed by atoms with E-state index in [9.17, 15) is 0 Å². The number of nitrogens with one attached hydrogen (secondary N) is 2. The average Bonchev–Trinajstić information content (AvgIpc) is 3.12. The van der Waals surface area contributed by atoms with Crippen LogP contribution in [0.1, 0.15) is 12.6 Å². The summed E-state index contributed by atoms with van der Waals surface area (Å²) < 4.78 is 0. The van der Waals surface area contributed by atoms with Crippen molar-refractivity contribution in [1.82, 2.24) is 15.0 Å². The molecule has 5 aromatic rings. The van der Waals surface area contributed by atoms with Crippen LogP contribution in [0.2, 0.25) is 0 Å². The van der Waals surface area contributed by atoms with E-state index in [1.54, 1.807) is 0 Å². The first kappa shape index (κ1) is 14.1. The van der Waals surface area contributed by atoms with Crippen LogP contribution < -0.4 is 0 Å². The van der Waals surface area contributed by atoms with Gasteiger partial charge < -0.3 is 9.97 Å². The van der Waals surface area contributed by atoms with Crippen molar-refractivity contribution in [3.8, 4) is 0 Å². The van der Waals surface area contributed by atoms with Crippen LogP contribution >= 0.6 is 12.4 Å². The van der Waals surface area contributed by atoms with Gasteiger partial charge in [-0.2, -0.15) is 0 Å². The van der Waals surface area contributed by atoms with Crippen LogP contribution in [-0.2, 0) is 6.42 Å². The summed E-state index contributed by atoms with van der Waals surface area (Å²) in [6.07, 6.45) is 0.915. The van der Waals surface area contributed by atoms with Gasteiger partial charge in [-0.1, -0.05) is 43.3 Å². The third kappa shape index (κ3) is 1.80. The number of pyridine rings is 1. The zero-order valence-corrected chi connectivity index (χ0v) is 13.5. The molecule has 0 atom stereocenters. The summed E-state index contributed by atoms with van der Waals surface area (Å²) in [5.41, 5.74) is 6.80. The molecule has 0 saturated carbocycles. The van der Waals surface area contributed by atoms with E-state index in [4.69, 9.17) is 4.98 Å². The number of para-hydroxylation sites is 2. The van der Waals surface area contributed by atoms with Crippen LogP contribution in [0.4, 0.5) is 0 Å². The molecular formula is C19H16ClN3. The third-order valence-corrected chi connectivity index (χ3v) is 4.50. The molecule has 0 unspecified atom stereocenters. The van der Waals surface area contributed by atoms with Crippen molar-refractivity contribution in [2.75, 3.05) is 0 Å². The largest absolute Gasteiger partial charge is 0.353 e. The molecule has 114 valence electrons. The Bertz CT molecular complexity index is 1170. The van der Waals surface area contributed by atoms with Gasteiger partial charge in [-0.15, -0.1) is 12.4 Å². The fourth-order valence-corrected chi connectivity index (χ4v) is 3.49. The van der Waals surface area contributed by atoms with Gasteiger partial charge in [0.1, 0.15) is 0 Å². The second kappa shape index (κ2) is 5.00. The highest BCUT2D eigenvalue weighted by atomic mass is 35.5. The van der Waals surface area contributed by atoms with E-state index < -0.39 is 0 Å². The minimum atomic E-state index is 0. The van der Waals surface area contributed by atoms with Crippen LogP contribution in [0.5, 0.6) is 0 Å². The molecule has 0 bridgehead atoms. The summed E-state index contributed by atoms with van der Waals surface area (Å²) in [6, 6.07) is 16.9. The van der Waals surface area contributed by atoms with E-state index >= 15 is 0 Å². The number of nitrogens with zero attached hydrogens (tertiary/aromatic N) is 1. The molecule has 3 aromatic heterocycles. The Morgan fingerprint density at radius 2 is 1.43 bits per heavy atom. The van der Waals surface area contributed by atoms with Crippen molar-refractivity contribution >= 4 is 56.1 Å². The Hall–Kier alpha value is -2.52. The molecule has 0 fully saturated rings.